The summed E-state index contributed by atoms with van der Waals surface area (Å²) in [6.45, 7) is 0. The van der Waals surface area contributed by atoms with E-state index in [1.54, 1.807) is 24.1 Å². The van der Waals surface area contributed by atoms with Crippen molar-refractivity contribution >= 4 is 23.5 Å². The molecule has 0 saturated carbocycles. The van der Waals surface area contributed by atoms with Crippen LogP contribution in [0.25, 0.3) is 6.08 Å². The minimum absolute atomic E-state index is 0.0188. The van der Waals surface area contributed by atoms with Crippen molar-refractivity contribution in [2.24, 2.45) is 7.05 Å². The van der Waals surface area contributed by atoms with Crippen LogP contribution in [0.15, 0.2) is 23.9 Å². The van der Waals surface area contributed by atoms with Gasteiger partial charge in [-0.05, 0) is 36.6 Å². The Morgan fingerprint density at radius 1 is 1.26 bits per heavy atom. The summed E-state index contributed by atoms with van der Waals surface area (Å²) in [5.41, 5.74) is 3.21. The van der Waals surface area contributed by atoms with E-state index in [4.69, 9.17) is 21.1 Å². The molecule has 1 aliphatic rings. The molecule has 6 heteroatoms. The van der Waals surface area contributed by atoms with Gasteiger partial charge in [0.2, 0.25) is 0 Å². The van der Waals surface area contributed by atoms with Gasteiger partial charge in [-0.1, -0.05) is 11.6 Å². The zero-order chi connectivity index (χ0) is 16.6. The summed E-state index contributed by atoms with van der Waals surface area (Å²) in [7, 11) is 4.95. The van der Waals surface area contributed by atoms with Gasteiger partial charge in [0, 0.05) is 18.3 Å². The summed E-state index contributed by atoms with van der Waals surface area (Å²) in [6, 6.07) is 3.58. The molecule has 0 N–H and O–H groups in total. The second-order valence-electron chi connectivity index (χ2n) is 5.37. The first-order valence-corrected chi connectivity index (χ1v) is 7.60. The number of ketones is 1. The maximum Gasteiger partial charge on any atom is 0.192 e. The van der Waals surface area contributed by atoms with Crippen molar-refractivity contribution in [1.29, 1.82) is 0 Å². The van der Waals surface area contributed by atoms with E-state index in [-0.39, 0.29) is 5.78 Å². The molecule has 0 fully saturated rings. The summed E-state index contributed by atoms with van der Waals surface area (Å²) >= 11 is 6.22. The maximum absolute atomic E-state index is 12.6. The third-order valence-electron chi connectivity index (χ3n) is 4.03. The molecule has 5 nitrogen and oxygen atoms in total. The number of aromatic nitrogens is 2. The second-order valence-corrected chi connectivity index (χ2v) is 5.77. The summed E-state index contributed by atoms with van der Waals surface area (Å²) in [5.74, 6) is 1.04. The Bertz CT molecular complexity index is 808. The van der Waals surface area contributed by atoms with Crippen LogP contribution in [0.1, 0.15) is 28.0 Å². The third kappa shape index (κ3) is 2.72. The maximum atomic E-state index is 12.6. The Morgan fingerprint density at radius 3 is 2.74 bits per heavy atom. The van der Waals surface area contributed by atoms with Crippen molar-refractivity contribution in [2.75, 3.05) is 14.2 Å². The summed E-state index contributed by atoms with van der Waals surface area (Å²) < 4.78 is 12.3. The van der Waals surface area contributed by atoms with Gasteiger partial charge in [0.1, 0.15) is 0 Å². The van der Waals surface area contributed by atoms with E-state index in [1.165, 1.54) is 7.11 Å². The lowest BCUT2D eigenvalue weighted by Crippen LogP contribution is -2.15. The number of hydrogen-bond acceptors (Lipinski definition) is 4. The van der Waals surface area contributed by atoms with Crippen LogP contribution < -0.4 is 9.47 Å². The Morgan fingerprint density at radius 2 is 2.04 bits per heavy atom. The Kier molecular flexibility index (Phi) is 4.13. The summed E-state index contributed by atoms with van der Waals surface area (Å²) in [6.07, 6.45) is 4.96. The number of aryl methyl sites for hydroxylation is 1. The van der Waals surface area contributed by atoms with Crippen LogP contribution in [0.2, 0.25) is 5.02 Å². The fraction of sp³-hybridized carbons (Fsp3) is 0.294. The molecule has 1 aromatic carbocycles. The molecular weight excluding hydrogens is 316 g/mol. The SMILES string of the molecule is COc1cc(/C=C2\CCc3c(cnn3C)C2=O)cc(Cl)c1OC. The van der Waals surface area contributed by atoms with Crippen molar-refractivity contribution < 1.29 is 14.3 Å². The number of allylic oxidation sites excluding steroid dienone is 1. The number of hydrogen-bond donors (Lipinski definition) is 0. The molecule has 0 amide bonds. The van der Waals surface area contributed by atoms with Gasteiger partial charge in [-0.25, -0.2) is 0 Å². The molecule has 0 atom stereocenters. The molecule has 1 aliphatic carbocycles. The van der Waals surface area contributed by atoms with Crippen LogP contribution >= 0.6 is 11.6 Å². The number of methoxy groups -OCH3 is 2. The molecule has 0 spiro atoms. The van der Waals surface area contributed by atoms with Gasteiger partial charge in [0.05, 0.1) is 31.0 Å². The van der Waals surface area contributed by atoms with Gasteiger partial charge in [0.15, 0.2) is 17.3 Å². The number of Topliss-reactive ketones (excluding diaryl/α,β-unsaturated/α-hetero) is 1. The molecular formula is C17H17ClN2O3. The predicted octanol–water partition coefficient (Wildman–Crippen LogP) is 3.30. The average molecular weight is 333 g/mol. The van der Waals surface area contributed by atoms with Crippen LogP contribution in [-0.2, 0) is 13.5 Å². The number of benzene rings is 1. The monoisotopic (exact) mass is 332 g/mol. The number of ether oxygens (including phenoxy) is 2. The fourth-order valence-electron chi connectivity index (χ4n) is 2.85. The highest BCUT2D eigenvalue weighted by Crippen LogP contribution is 2.37. The average Bonchev–Trinajstić information content (AvgIpc) is 2.91. The van der Waals surface area contributed by atoms with Gasteiger partial charge < -0.3 is 9.47 Å². The smallest absolute Gasteiger partial charge is 0.192 e. The largest absolute Gasteiger partial charge is 0.493 e. The molecule has 0 radical (unpaired) electrons. The molecule has 1 aromatic heterocycles. The Balaban J connectivity index is 2.00. The van der Waals surface area contributed by atoms with Crippen LogP contribution in [0.4, 0.5) is 0 Å². The van der Waals surface area contributed by atoms with E-state index >= 15 is 0 Å². The van der Waals surface area contributed by atoms with Gasteiger partial charge >= 0.3 is 0 Å². The summed E-state index contributed by atoms with van der Waals surface area (Å²) in [4.78, 5) is 12.6. The third-order valence-corrected chi connectivity index (χ3v) is 4.31. The number of nitrogens with zero attached hydrogens (tertiary/aromatic N) is 2. The first kappa shape index (κ1) is 15.6. The van der Waals surface area contributed by atoms with E-state index in [2.05, 4.69) is 5.10 Å². The lowest BCUT2D eigenvalue weighted by molar-refractivity contribution is 0.102. The van der Waals surface area contributed by atoms with E-state index in [1.807, 2.05) is 19.2 Å². The Hall–Kier alpha value is -2.27. The lowest BCUT2D eigenvalue weighted by atomic mass is 9.90. The first-order valence-electron chi connectivity index (χ1n) is 7.22. The number of rotatable bonds is 3. The van der Waals surface area contributed by atoms with E-state index in [9.17, 15) is 4.79 Å². The predicted molar refractivity (Wildman–Crippen MR) is 88.4 cm³/mol. The number of halogens is 1. The quantitative estimate of drug-likeness (QED) is 0.809. The zero-order valence-electron chi connectivity index (χ0n) is 13.2. The molecule has 3 rings (SSSR count). The molecule has 0 aliphatic heterocycles. The van der Waals surface area contributed by atoms with Crippen molar-refractivity contribution in [2.45, 2.75) is 12.8 Å². The molecule has 2 aromatic rings. The van der Waals surface area contributed by atoms with Gasteiger partial charge in [-0.15, -0.1) is 0 Å². The van der Waals surface area contributed by atoms with Gasteiger partial charge in [-0.2, -0.15) is 5.10 Å². The highest BCUT2D eigenvalue weighted by Gasteiger charge is 2.25. The van der Waals surface area contributed by atoms with E-state index in [0.717, 1.165) is 23.3 Å². The molecule has 0 unspecified atom stereocenters. The van der Waals surface area contributed by atoms with E-state index < -0.39 is 0 Å². The van der Waals surface area contributed by atoms with Crippen LogP contribution in [-0.4, -0.2) is 29.8 Å². The van der Waals surface area contributed by atoms with Gasteiger partial charge in [0.25, 0.3) is 0 Å². The van der Waals surface area contributed by atoms with Crippen LogP contribution in [0.5, 0.6) is 11.5 Å². The number of fused-ring (bicyclic) bond motifs is 1. The molecule has 1 heterocycles. The minimum atomic E-state index is 0.0188. The lowest BCUT2D eigenvalue weighted by Gasteiger charge is -2.15. The Labute approximate surface area is 139 Å². The topological polar surface area (TPSA) is 53.4 Å². The molecule has 0 bridgehead atoms. The van der Waals surface area contributed by atoms with Crippen molar-refractivity contribution in [3.05, 3.63) is 45.7 Å². The first-order chi connectivity index (χ1) is 11.0. The molecule has 120 valence electrons. The molecule has 23 heavy (non-hydrogen) atoms. The van der Waals surface area contributed by atoms with Crippen LogP contribution in [0.3, 0.4) is 0 Å². The van der Waals surface area contributed by atoms with Crippen molar-refractivity contribution in [1.82, 2.24) is 9.78 Å². The minimum Gasteiger partial charge on any atom is -0.493 e. The van der Waals surface area contributed by atoms with Crippen molar-refractivity contribution in [3.63, 3.8) is 0 Å². The second kappa shape index (κ2) is 6.08. The fourth-order valence-corrected chi connectivity index (χ4v) is 3.14. The highest BCUT2D eigenvalue weighted by molar-refractivity contribution is 6.32. The number of carbonyl (C=O) groups is 1. The van der Waals surface area contributed by atoms with Crippen LogP contribution in [0, 0.1) is 0 Å². The number of carbonyl (C=O) groups excluding carboxylic acids is 1. The highest BCUT2D eigenvalue weighted by atomic mass is 35.5. The molecule has 0 saturated heterocycles. The van der Waals surface area contributed by atoms with E-state index in [0.29, 0.717) is 28.5 Å². The summed E-state index contributed by atoms with van der Waals surface area (Å²) in [5, 5.41) is 4.61. The standard InChI is InChI=1S/C17H17ClN2O3/c1-20-14-5-4-11(16(21)12(14)9-19-20)6-10-7-13(18)17(23-3)15(8-10)22-2/h6-9H,4-5H2,1-3H3/b11-6+. The zero-order valence-corrected chi connectivity index (χ0v) is 14.0. The normalized spacial score (nSPS) is 15.7. The van der Waals surface area contributed by atoms with Crippen molar-refractivity contribution in [3.8, 4) is 11.5 Å². The van der Waals surface area contributed by atoms with Gasteiger partial charge in [-0.3, -0.25) is 9.48 Å².